The number of amides is 1. The number of nitrogens with zero attached hydrogens (tertiary/aromatic N) is 4. The van der Waals surface area contributed by atoms with Gasteiger partial charge >= 0.3 is 0 Å². The van der Waals surface area contributed by atoms with Gasteiger partial charge in [0.2, 0.25) is 11.1 Å². The zero-order chi connectivity index (χ0) is 16.9. The van der Waals surface area contributed by atoms with Crippen LogP contribution in [0.25, 0.3) is 11.4 Å². The Kier molecular flexibility index (Phi) is 4.90. The molecule has 0 unspecified atom stereocenters. The summed E-state index contributed by atoms with van der Waals surface area (Å²) in [4.78, 5) is 22.6. The van der Waals surface area contributed by atoms with E-state index in [9.17, 15) is 4.79 Å². The molecule has 2 aromatic heterocycles. The molecule has 1 amide bonds. The number of hydrogen-bond acceptors (Lipinski definition) is 5. The fourth-order valence-corrected chi connectivity index (χ4v) is 3.22. The average Bonchev–Trinajstić information content (AvgIpc) is 3.09. The van der Waals surface area contributed by atoms with Crippen LogP contribution >= 0.6 is 11.8 Å². The molecule has 1 atom stereocenters. The Morgan fingerprint density at radius 3 is 2.50 bits per heavy atom. The Morgan fingerprint density at radius 1 is 1.12 bits per heavy atom. The number of aromatic nitrogens is 4. The maximum absolute atomic E-state index is 12.6. The molecule has 0 bridgehead atoms. The molecule has 0 aliphatic carbocycles. The molecule has 0 radical (unpaired) electrons. The van der Waals surface area contributed by atoms with Crippen molar-refractivity contribution in [2.45, 2.75) is 10.4 Å². The first-order valence-corrected chi connectivity index (χ1v) is 8.28. The molecular weight excluding hydrogens is 322 g/mol. The van der Waals surface area contributed by atoms with Gasteiger partial charge in [-0.3, -0.25) is 14.9 Å². The number of carbonyl (C=O) groups excluding carboxylic acids is 1. The predicted molar refractivity (Wildman–Crippen MR) is 93.3 cm³/mol. The van der Waals surface area contributed by atoms with Gasteiger partial charge < -0.3 is 4.90 Å². The molecule has 3 aromatic rings. The van der Waals surface area contributed by atoms with Gasteiger partial charge in [-0.15, -0.1) is 5.10 Å². The number of nitrogens with one attached hydrogen (secondary N) is 1. The Balaban J connectivity index is 1.86. The number of hydrogen-bond donors (Lipinski definition) is 1. The highest BCUT2D eigenvalue weighted by molar-refractivity contribution is 8.00. The summed E-state index contributed by atoms with van der Waals surface area (Å²) in [5, 5.41) is 7.29. The molecule has 1 aromatic carbocycles. The van der Waals surface area contributed by atoms with Crippen LogP contribution in [-0.4, -0.2) is 45.1 Å². The van der Waals surface area contributed by atoms with Crippen molar-refractivity contribution >= 4 is 17.7 Å². The van der Waals surface area contributed by atoms with Gasteiger partial charge in [-0.25, -0.2) is 4.98 Å². The minimum absolute atomic E-state index is 0.00135. The van der Waals surface area contributed by atoms with Gasteiger partial charge in [0.15, 0.2) is 5.82 Å². The molecule has 0 fully saturated rings. The summed E-state index contributed by atoms with van der Waals surface area (Å²) in [6.45, 7) is 0. The van der Waals surface area contributed by atoms with Crippen molar-refractivity contribution < 1.29 is 4.79 Å². The summed E-state index contributed by atoms with van der Waals surface area (Å²) >= 11 is 1.33. The molecule has 0 saturated carbocycles. The predicted octanol–water partition coefficient (Wildman–Crippen LogP) is 2.79. The fourth-order valence-electron chi connectivity index (χ4n) is 2.17. The summed E-state index contributed by atoms with van der Waals surface area (Å²) in [5.41, 5.74) is 1.83. The molecule has 0 aliphatic heterocycles. The topological polar surface area (TPSA) is 74.8 Å². The van der Waals surface area contributed by atoms with Crippen LogP contribution in [0.3, 0.4) is 0 Å². The normalized spacial score (nSPS) is 11.9. The Morgan fingerprint density at radius 2 is 1.83 bits per heavy atom. The largest absolute Gasteiger partial charge is 0.348 e. The molecule has 7 heteroatoms. The van der Waals surface area contributed by atoms with Gasteiger partial charge in [0.05, 0.1) is 0 Å². The lowest BCUT2D eigenvalue weighted by Gasteiger charge is -2.19. The van der Waals surface area contributed by atoms with E-state index < -0.39 is 0 Å². The summed E-state index contributed by atoms with van der Waals surface area (Å²) in [6.07, 6.45) is 3.40. The molecule has 1 N–H and O–H groups in total. The van der Waals surface area contributed by atoms with E-state index in [0.29, 0.717) is 11.0 Å². The average molecular weight is 339 g/mol. The van der Waals surface area contributed by atoms with Crippen LogP contribution in [0.15, 0.2) is 60.0 Å². The van der Waals surface area contributed by atoms with Crippen LogP contribution in [0, 0.1) is 0 Å². The molecule has 0 saturated heterocycles. The zero-order valence-corrected chi connectivity index (χ0v) is 14.2. The van der Waals surface area contributed by atoms with Crippen LogP contribution in [0.1, 0.15) is 10.8 Å². The Hall–Kier alpha value is -2.67. The minimum Gasteiger partial charge on any atom is -0.348 e. The molecule has 2 heterocycles. The molecular formula is C17H17N5OS. The number of H-pyrrole nitrogens is 1. The van der Waals surface area contributed by atoms with Crippen LogP contribution < -0.4 is 0 Å². The van der Waals surface area contributed by atoms with E-state index in [0.717, 1.165) is 11.1 Å². The van der Waals surface area contributed by atoms with Crippen molar-refractivity contribution in [1.82, 2.24) is 25.1 Å². The highest BCUT2D eigenvalue weighted by atomic mass is 32.2. The van der Waals surface area contributed by atoms with Crippen LogP contribution in [0.2, 0.25) is 0 Å². The molecule has 24 heavy (non-hydrogen) atoms. The lowest BCUT2D eigenvalue weighted by atomic mass is 10.1. The smallest absolute Gasteiger partial charge is 0.240 e. The molecule has 0 spiro atoms. The van der Waals surface area contributed by atoms with E-state index in [-0.39, 0.29) is 11.2 Å². The van der Waals surface area contributed by atoms with Crippen molar-refractivity contribution in [3.8, 4) is 11.4 Å². The molecule has 6 nitrogen and oxygen atoms in total. The van der Waals surface area contributed by atoms with Gasteiger partial charge in [0.1, 0.15) is 5.25 Å². The fraction of sp³-hybridized carbons (Fsp3) is 0.176. The first-order valence-electron chi connectivity index (χ1n) is 7.40. The van der Waals surface area contributed by atoms with Gasteiger partial charge in [-0.05, 0) is 17.7 Å². The summed E-state index contributed by atoms with van der Waals surface area (Å²) in [5.74, 6) is 0.658. The molecule has 122 valence electrons. The highest BCUT2D eigenvalue weighted by Gasteiger charge is 2.25. The number of aromatic amines is 1. The first-order chi connectivity index (χ1) is 11.6. The highest BCUT2D eigenvalue weighted by Crippen LogP contribution is 2.35. The van der Waals surface area contributed by atoms with Gasteiger partial charge in [-0.1, -0.05) is 42.1 Å². The first kappa shape index (κ1) is 16.2. The minimum atomic E-state index is -0.387. The zero-order valence-electron chi connectivity index (χ0n) is 13.4. The lowest BCUT2D eigenvalue weighted by Crippen LogP contribution is -2.26. The number of benzene rings is 1. The lowest BCUT2D eigenvalue weighted by molar-refractivity contribution is -0.128. The quantitative estimate of drug-likeness (QED) is 0.724. The van der Waals surface area contributed by atoms with Gasteiger partial charge in [0, 0.05) is 32.1 Å². The molecule has 0 aliphatic rings. The van der Waals surface area contributed by atoms with Gasteiger partial charge in [-0.2, -0.15) is 0 Å². The number of pyridine rings is 1. The van der Waals surface area contributed by atoms with Crippen molar-refractivity contribution in [3.05, 3.63) is 60.4 Å². The van der Waals surface area contributed by atoms with Crippen molar-refractivity contribution in [3.63, 3.8) is 0 Å². The van der Waals surface area contributed by atoms with Crippen molar-refractivity contribution in [1.29, 1.82) is 0 Å². The monoisotopic (exact) mass is 339 g/mol. The van der Waals surface area contributed by atoms with Crippen LogP contribution in [0.5, 0.6) is 0 Å². The third kappa shape index (κ3) is 3.62. The second-order valence-electron chi connectivity index (χ2n) is 5.34. The standard InChI is InChI=1S/C17H17N5OS/c1-22(2)16(23)14(12-6-4-3-5-7-12)24-17-19-15(20-21-17)13-8-10-18-11-9-13/h3-11,14H,1-2H3,(H,19,20,21)/t14-/m1/s1. The summed E-state index contributed by atoms with van der Waals surface area (Å²) in [7, 11) is 3.50. The van der Waals surface area contributed by atoms with E-state index in [1.807, 2.05) is 42.5 Å². The summed E-state index contributed by atoms with van der Waals surface area (Å²) in [6, 6.07) is 13.4. The van der Waals surface area contributed by atoms with E-state index >= 15 is 0 Å². The van der Waals surface area contributed by atoms with Crippen LogP contribution in [-0.2, 0) is 4.79 Å². The van der Waals surface area contributed by atoms with E-state index in [1.165, 1.54) is 11.8 Å². The van der Waals surface area contributed by atoms with E-state index in [2.05, 4.69) is 20.2 Å². The summed E-state index contributed by atoms with van der Waals surface area (Å²) < 4.78 is 0. The van der Waals surface area contributed by atoms with Crippen molar-refractivity contribution in [2.24, 2.45) is 0 Å². The van der Waals surface area contributed by atoms with E-state index in [1.54, 1.807) is 31.4 Å². The number of rotatable bonds is 5. The van der Waals surface area contributed by atoms with Crippen LogP contribution in [0.4, 0.5) is 0 Å². The van der Waals surface area contributed by atoms with Gasteiger partial charge in [0.25, 0.3) is 0 Å². The molecule has 3 rings (SSSR count). The third-order valence-corrected chi connectivity index (χ3v) is 4.51. The number of thioether (sulfide) groups is 1. The maximum atomic E-state index is 12.6. The third-order valence-electron chi connectivity index (χ3n) is 3.41. The SMILES string of the molecule is CN(C)C(=O)[C@H](Sc1n[nH]c(-c2ccncc2)n1)c1ccccc1. The number of likely N-dealkylation sites (N-methyl/N-ethyl adjacent to an activating group) is 1. The van der Waals surface area contributed by atoms with Crippen molar-refractivity contribution in [2.75, 3.05) is 14.1 Å². The van der Waals surface area contributed by atoms with E-state index in [4.69, 9.17) is 0 Å². The maximum Gasteiger partial charge on any atom is 0.240 e. The Bertz CT molecular complexity index is 804. The second kappa shape index (κ2) is 7.27. The Labute approximate surface area is 144 Å². The second-order valence-corrected chi connectivity index (χ2v) is 6.42. The number of carbonyl (C=O) groups is 1.